The van der Waals surface area contributed by atoms with Crippen molar-refractivity contribution in [3.05, 3.63) is 70.1 Å². The van der Waals surface area contributed by atoms with Crippen molar-refractivity contribution in [3.63, 3.8) is 0 Å². The van der Waals surface area contributed by atoms with Crippen LogP contribution in [0, 0.1) is 13.8 Å². The van der Waals surface area contributed by atoms with Gasteiger partial charge in [0.1, 0.15) is 6.54 Å². The normalized spacial score (nSPS) is 10.8. The van der Waals surface area contributed by atoms with E-state index in [4.69, 9.17) is 16.1 Å². The molecule has 0 aliphatic carbocycles. The Hall–Kier alpha value is -2.66. The lowest BCUT2D eigenvalue weighted by molar-refractivity contribution is 0.0734. The van der Waals surface area contributed by atoms with Crippen molar-refractivity contribution in [2.45, 2.75) is 27.3 Å². The van der Waals surface area contributed by atoms with Crippen LogP contribution in [0.25, 0.3) is 11.4 Å². The largest absolute Gasteiger partial charge is 0.337 e. The van der Waals surface area contributed by atoms with Crippen LogP contribution < -0.4 is 0 Å². The molecule has 0 atom stereocenters. The Morgan fingerprint density at radius 1 is 1.15 bits per heavy atom. The highest BCUT2D eigenvalue weighted by Gasteiger charge is 2.20. The molecular formula is C20H20ClN3O2. The first-order chi connectivity index (χ1) is 12.5. The zero-order valence-corrected chi connectivity index (χ0v) is 15.7. The fourth-order valence-corrected chi connectivity index (χ4v) is 2.99. The number of nitrogens with zero attached hydrogens (tertiary/aromatic N) is 3. The number of amides is 1. The summed E-state index contributed by atoms with van der Waals surface area (Å²) in [5.41, 5.74) is 3.48. The summed E-state index contributed by atoms with van der Waals surface area (Å²) in [6, 6.07) is 13.3. The van der Waals surface area contributed by atoms with E-state index in [-0.39, 0.29) is 12.5 Å². The first-order valence-electron chi connectivity index (χ1n) is 8.43. The second-order valence-corrected chi connectivity index (χ2v) is 6.59. The van der Waals surface area contributed by atoms with Gasteiger partial charge in [0.25, 0.3) is 5.91 Å². The molecule has 0 aliphatic heterocycles. The van der Waals surface area contributed by atoms with E-state index in [0.717, 1.165) is 16.7 Å². The van der Waals surface area contributed by atoms with Crippen molar-refractivity contribution in [1.29, 1.82) is 0 Å². The Kier molecular flexibility index (Phi) is 5.38. The molecule has 3 aromatic rings. The van der Waals surface area contributed by atoms with Crippen LogP contribution in [-0.2, 0) is 6.54 Å². The monoisotopic (exact) mass is 369 g/mol. The van der Waals surface area contributed by atoms with Crippen LogP contribution in [0.3, 0.4) is 0 Å². The van der Waals surface area contributed by atoms with Crippen molar-refractivity contribution in [2.24, 2.45) is 0 Å². The summed E-state index contributed by atoms with van der Waals surface area (Å²) in [7, 11) is 0. The fraction of sp³-hybridized carbons (Fsp3) is 0.250. The predicted molar refractivity (Wildman–Crippen MR) is 101 cm³/mol. The second-order valence-electron chi connectivity index (χ2n) is 6.18. The van der Waals surface area contributed by atoms with Crippen LogP contribution in [0.5, 0.6) is 0 Å². The van der Waals surface area contributed by atoms with Crippen LogP contribution in [-0.4, -0.2) is 27.5 Å². The van der Waals surface area contributed by atoms with Gasteiger partial charge in [0.2, 0.25) is 11.7 Å². The molecule has 0 unspecified atom stereocenters. The molecule has 0 saturated carbocycles. The van der Waals surface area contributed by atoms with E-state index in [1.54, 1.807) is 17.0 Å². The third-order valence-corrected chi connectivity index (χ3v) is 4.41. The standard InChI is InChI=1S/C20H20ClN3O2/c1-4-24(20(25)16-9-8-14(3)11-17(16)21)12-18-22-19(23-26-18)15-7-5-6-13(2)10-15/h5-11H,4,12H2,1-3H3. The Bertz CT molecular complexity index is 936. The lowest BCUT2D eigenvalue weighted by atomic mass is 10.1. The van der Waals surface area contributed by atoms with Crippen molar-refractivity contribution < 1.29 is 9.32 Å². The van der Waals surface area contributed by atoms with E-state index in [1.807, 2.05) is 51.1 Å². The van der Waals surface area contributed by atoms with E-state index < -0.39 is 0 Å². The van der Waals surface area contributed by atoms with Gasteiger partial charge in [-0.3, -0.25) is 4.79 Å². The van der Waals surface area contributed by atoms with Gasteiger partial charge in [0.15, 0.2) is 0 Å². The van der Waals surface area contributed by atoms with Crippen molar-refractivity contribution in [1.82, 2.24) is 15.0 Å². The number of halogens is 1. The molecule has 5 nitrogen and oxygen atoms in total. The molecule has 0 bridgehead atoms. The molecule has 0 saturated heterocycles. The van der Waals surface area contributed by atoms with E-state index in [1.165, 1.54) is 0 Å². The summed E-state index contributed by atoms with van der Waals surface area (Å²) >= 11 is 6.23. The molecule has 0 spiro atoms. The van der Waals surface area contributed by atoms with Crippen LogP contribution in [0.1, 0.15) is 34.3 Å². The third kappa shape index (κ3) is 3.94. The molecule has 0 radical (unpaired) electrons. The van der Waals surface area contributed by atoms with Gasteiger partial charge >= 0.3 is 0 Å². The van der Waals surface area contributed by atoms with Gasteiger partial charge in [0.05, 0.1) is 10.6 Å². The van der Waals surface area contributed by atoms with Crippen molar-refractivity contribution >= 4 is 17.5 Å². The van der Waals surface area contributed by atoms with E-state index in [9.17, 15) is 4.79 Å². The number of aromatic nitrogens is 2. The van der Waals surface area contributed by atoms with Crippen molar-refractivity contribution in [2.75, 3.05) is 6.54 Å². The number of carbonyl (C=O) groups is 1. The minimum Gasteiger partial charge on any atom is -0.337 e. The van der Waals surface area contributed by atoms with Gasteiger partial charge in [-0.15, -0.1) is 0 Å². The molecule has 0 aliphatic rings. The number of carbonyl (C=O) groups excluding carboxylic acids is 1. The molecule has 134 valence electrons. The average molecular weight is 370 g/mol. The molecule has 2 aromatic carbocycles. The Morgan fingerprint density at radius 2 is 1.92 bits per heavy atom. The summed E-state index contributed by atoms with van der Waals surface area (Å²) in [6.07, 6.45) is 0. The Labute approximate surface area is 157 Å². The van der Waals surface area contributed by atoms with Gasteiger partial charge in [-0.05, 0) is 44.5 Å². The zero-order valence-electron chi connectivity index (χ0n) is 15.0. The van der Waals surface area contributed by atoms with Crippen molar-refractivity contribution in [3.8, 4) is 11.4 Å². The SMILES string of the molecule is CCN(Cc1nc(-c2cccc(C)c2)no1)C(=O)c1ccc(C)cc1Cl. The number of hydrogen-bond acceptors (Lipinski definition) is 4. The molecule has 0 fully saturated rings. The Balaban J connectivity index is 1.79. The maximum absolute atomic E-state index is 12.8. The quantitative estimate of drug-likeness (QED) is 0.655. The summed E-state index contributed by atoms with van der Waals surface area (Å²) < 4.78 is 5.34. The predicted octanol–water partition coefficient (Wildman–Crippen LogP) is 4.67. The first kappa shape index (κ1) is 18.1. The van der Waals surface area contributed by atoms with Crippen LogP contribution >= 0.6 is 11.6 Å². The number of benzene rings is 2. The maximum Gasteiger partial charge on any atom is 0.255 e. The lowest BCUT2D eigenvalue weighted by Crippen LogP contribution is -2.30. The maximum atomic E-state index is 12.8. The van der Waals surface area contributed by atoms with Gasteiger partial charge in [-0.2, -0.15) is 4.98 Å². The summed E-state index contributed by atoms with van der Waals surface area (Å²) in [6.45, 7) is 6.58. The molecule has 1 heterocycles. The van der Waals surface area contributed by atoms with Crippen LogP contribution in [0.4, 0.5) is 0 Å². The minimum atomic E-state index is -0.159. The molecule has 1 aromatic heterocycles. The highest BCUT2D eigenvalue weighted by atomic mass is 35.5. The third-order valence-electron chi connectivity index (χ3n) is 4.09. The van der Waals surface area contributed by atoms with E-state index in [2.05, 4.69) is 10.1 Å². The van der Waals surface area contributed by atoms with Crippen LogP contribution in [0.15, 0.2) is 47.0 Å². The molecule has 0 N–H and O–H groups in total. The zero-order chi connectivity index (χ0) is 18.7. The van der Waals surface area contributed by atoms with Gasteiger partial charge in [-0.25, -0.2) is 0 Å². The molecule has 1 amide bonds. The number of aryl methyl sites for hydroxylation is 2. The van der Waals surface area contributed by atoms with E-state index in [0.29, 0.717) is 28.8 Å². The highest BCUT2D eigenvalue weighted by Crippen LogP contribution is 2.21. The lowest BCUT2D eigenvalue weighted by Gasteiger charge is -2.19. The summed E-state index contributed by atoms with van der Waals surface area (Å²) in [5.74, 6) is 0.744. The topological polar surface area (TPSA) is 59.2 Å². The van der Waals surface area contributed by atoms with Crippen LogP contribution in [0.2, 0.25) is 5.02 Å². The number of rotatable bonds is 5. The first-order valence-corrected chi connectivity index (χ1v) is 8.80. The fourth-order valence-electron chi connectivity index (χ4n) is 2.67. The molecular weight excluding hydrogens is 350 g/mol. The highest BCUT2D eigenvalue weighted by molar-refractivity contribution is 6.33. The average Bonchev–Trinajstić information content (AvgIpc) is 3.08. The Morgan fingerprint density at radius 3 is 2.62 bits per heavy atom. The summed E-state index contributed by atoms with van der Waals surface area (Å²) in [5, 5.41) is 4.47. The smallest absolute Gasteiger partial charge is 0.255 e. The summed E-state index contributed by atoms with van der Waals surface area (Å²) in [4.78, 5) is 18.8. The molecule has 26 heavy (non-hydrogen) atoms. The van der Waals surface area contributed by atoms with Gasteiger partial charge < -0.3 is 9.42 Å². The van der Waals surface area contributed by atoms with E-state index >= 15 is 0 Å². The van der Waals surface area contributed by atoms with Gasteiger partial charge in [-0.1, -0.05) is 46.6 Å². The second kappa shape index (κ2) is 7.70. The van der Waals surface area contributed by atoms with Gasteiger partial charge in [0, 0.05) is 12.1 Å². The molecule has 3 rings (SSSR count). The molecule has 6 heteroatoms. The number of hydrogen-bond donors (Lipinski definition) is 0. The minimum absolute atomic E-state index is 0.159.